The zero-order valence-corrected chi connectivity index (χ0v) is 16.4. The Morgan fingerprint density at radius 2 is 1.96 bits per heavy atom. The summed E-state index contributed by atoms with van der Waals surface area (Å²) in [5.74, 6) is 0.578. The molecule has 3 N–H and O–H groups in total. The topological polar surface area (TPSA) is 87.3 Å². The third kappa shape index (κ3) is 7.92. The van der Waals surface area contributed by atoms with Gasteiger partial charge in [0.2, 0.25) is 15.9 Å². The first kappa shape index (κ1) is 22.2. The average Bonchev–Trinajstić information content (AvgIpc) is 2.58. The molecule has 0 aliphatic carbocycles. The smallest absolute Gasteiger partial charge is 0.240 e. The number of amides is 1. The van der Waals surface area contributed by atoms with Gasteiger partial charge in [0.05, 0.1) is 4.90 Å². The van der Waals surface area contributed by atoms with Crippen molar-refractivity contribution in [2.45, 2.75) is 30.6 Å². The van der Waals surface area contributed by atoms with Gasteiger partial charge in [-0.05, 0) is 56.5 Å². The lowest BCUT2D eigenvalue weighted by molar-refractivity contribution is -0.121. The summed E-state index contributed by atoms with van der Waals surface area (Å²) in [6, 6.07) is 6.07. The van der Waals surface area contributed by atoms with Crippen LogP contribution in [0.4, 0.5) is 0 Å². The number of halogens is 2. The molecule has 1 aliphatic heterocycles. The summed E-state index contributed by atoms with van der Waals surface area (Å²) in [7, 11) is -3.60. The van der Waals surface area contributed by atoms with E-state index in [9.17, 15) is 13.2 Å². The Morgan fingerprint density at radius 1 is 1.24 bits per heavy atom. The molecule has 1 saturated heterocycles. The molecule has 0 saturated carbocycles. The Balaban J connectivity index is 0.00000312. The summed E-state index contributed by atoms with van der Waals surface area (Å²) in [6.45, 7) is 2.47. The zero-order valence-electron chi connectivity index (χ0n) is 14.0. The van der Waals surface area contributed by atoms with Crippen LogP contribution in [0.3, 0.4) is 0 Å². The van der Waals surface area contributed by atoms with Crippen LogP contribution in [0.2, 0.25) is 5.02 Å². The second-order valence-electron chi connectivity index (χ2n) is 5.94. The maximum atomic E-state index is 12.1. The number of piperidine rings is 1. The van der Waals surface area contributed by atoms with E-state index in [0.29, 0.717) is 17.4 Å². The quantitative estimate of drug-likeness (QED) is 0.572. The molecule has 1 aromatic rings. The fourth-order valence-electron chi connectivity index (χ4n) is 2.70. The molecule has 0 unspecified atom stereocenters. The van der Waals surface area contributed by atoms with Crippen molar-refractivity contribution in [3.63, 3.8) is 0 Å². The summed E-state index contributed by atoms with van der Waals surface area (Å²) in [6.07, 6.45) is 3.62. The fraction of sp³-hybridized carbons (Fsp3) is 0.562. The molecule has 1 heterocycles. The minimum atomic E-state index is -3.60. The summed E-state index contributed by atoms with van der Waals surface area (Å²) in [5, 5.41) is 6.42. The first-order valence-electron chi connectivity index (χ1n) is 8.20. The summed E-state index contributed by atoms with van der Waals surface area (Å²) in [5.41, 5.74) is 0. The summed E-state index contributed by atoms with van der Waals surface area (Å²) in [4.78, 5) is 11.9. The van der Waals surface area contributed by atoms with Gasteiger partial charge >= 0.3 is 0 Å². The maximum Gasteiger partial charge on any atom is 0.240 e. The van der Waals surface area contributed by atoms with E-state index in [1.54, 1.807) is 12.1 Å². The van der Waals surface area contributed by atoms with Crippen molar-refractivity contribution in [3.8, 4) is 0 Å². The molecule has 1 aliphatic rings. The van der Waals surface area contributed by atoms with E-state index in [2.05, 4.69) is 15.4 Å². The van der Waals surface area contributed by atoms with E-state index in [1.165, 1.54) is 12.1 Å². The summed E-state index contributed by atoms with van der Waals surface area (Å²) < 4.78 is 26.6. The number of nitrogens with one attached hydrogen (secondary N) is 3. The van der Waals surface area contributed by atoms with Crippen molar-refractivity contribution in [2.75, 3.05) is 26.2 Å². The Hall–Kier alpha value is -0.860. The van der Waals surface area contributed by atoms with Crippen molar-refractivity contribution < 1.29 is 13.2 Å². The van der Waals surface area contributed by atoms with Crippen molar-refractivity contribution >= 4 is 39.9 Å². The molecule has 0 radical (unpaired) electrons. The number of rotatable bonds is 8. The lowest BCUT2D eigenvalue weighted by Gasteiger charge is -2.22. The third-order valence-electron chi connectivity index (χ3n) is 4.08. The number of hydrogen-bond donors (Lipinski definition) is 3. The predicted octanol–water partition coefficient (Wildman–Crippen LogP) is 1.94. The first-order chi connectivity index (χ1) is 11.5. The molecule has 142 valence electrons. The maximum absolute atomic E-state index is 12.1. The van der Waals surface area contributed by atoms with Crippen LogP contribution in [0.5, 0.6) is 0 Å². The Kier molecular flexibility index (Phi) is 9.74. The van der Waals surface area contributed by atoms with Gasteiger partial charge < -0.3 is 10.6 Å². The molecule has 0 atom stereocenters. The SMILES string of the molecule is Cl.O=C(CCC1CCNCC1)NCCNS(=O)(=O)c1cccc(Cl)c1. The highest BCUT2D eigenvalue weighted by molar-refractivity contribution is 7.89. The highest BCUT2D eigenvalue weighted by atomic mass is 35.5. The van der Waals surface area contributed by atoms with Gasteiger partial charge in [0.15, 0.2) is 0 Å². The Labute approximate surface area is 160 Å². The highest BCUT2D eigenvalue weighted by Gasteiger charge is 2.15. The van der Waals surface area contributed by atoms with E-state index >= 15 is 0 Å². The fourth-order valence-corrected chi connectivity index (χ4v) is 4.03. The van der Waals surface area contributed by atoms with E-state index in [-0.39, 0.29) is 36.3 Å². The number of benzene rings is 1. The minimum Gasteiger partial charge on any atom is -0.355 e. The van der Waals surface area contributed by atoms with Gasteiger partial charge in [0.1, 0.15) is 0 Å². The largest absolute Gasteiger partial charge is 0.355 e. The second-order valence-corrected chi connectivity index (χ2v) is 8.14. The van der Waals surface area contributed by atoms with Crippen molar-refractivity contribution in [2.24, 2.45) is 5.92 Å². The van der Waals surface area contributed by atoms with Gasteiger partial charge in [-0.1, -0.05) is 17.7 Å². The molecule has 1 aromatic carbocycles. The van der Waals surface area contributed by atoms with Gasteiger partial charge in [0.25, 0.3) is 0 Å². The zero-order chi connectivity index (χ0) is 17.4. The Morgan fingerprint density at radius 3 is 2.64 bits per heavy atom. The van der Waals surface area contributed by atoms with Gasteiger partial charge in [-0.2, -0.15) is 0 Å². The molecule has 0 aromatic heterocycles. The molecule has 25 heavy (non-hydrogen) atoms. The van der Waals surface area contributed by atoms with Crippen molar-refractivity contribution in [1.82, 2.24) is 15.4 Å². The second kappa shape index (κ2) is 11.0. The van der Waals surface area contributed by atoms with Crippen LogP contribution in [0, 0.1) is 5.92 Å². The molecule has 6 nitrogen and oxygen atoms in total. The minimum absolute atomic E-state index is 0. The molecule has 2 rings (SSSR count). The third-order valence-corrected chi connectivity index (χ3v) is 5.78. The number of carbonyl (C=O) groups excluding carboxylic acids is 1. The van der Waals surface area contributed by atoms with Crippen LogP contribution < -0.4 is 15.4 Å². The van der Waals surface area contributed by atoms with E-state index < -0.39 is 10.0 Å². The average molecular weight is 410 g/mol. The van der Waals surface area contributed by atoms with Gasteiger partial charge in [-0.3, -0.25) is 4.79 Å². The van der Waals surface area contributed by atoms with Crippen molar-refractivity contribution in [3.05, 3.63) is 29.3 Å². The molecule has 0 spiro atoms. The Bertz CT molecular complexity index is 650. The number of sulfonamides is 1. The normalized spacial score (nSPS) is 15.4. The summed E-state index contributed by atoms with van der Waals surface area (Å²) >= 11 is 5.80. The standard InChI is InChI=1S/C16H24ClN3O3S.ClH/c17-14-2-1-3-15(12-14)24(22,23)20-11-10-19-16(21)5-4-13-6-8-18-9-7-13;/h1-3,12-13,18,20H,4-11H2,(H,19,21);1H. The number of hydrogen-bond acceptors (Lipinski definition) is 4. The monoisotopic (exact) mass is 409 g/mol. The van der Waals surface area contributed by atoms with E-state index in [0.717, 1.165) is 32.4 Å². The molecule has 0 bridgehead atoms. The molecule has 9 heteroatoms. The van der Waals surface area contributed by atoms with Crippen LogP contribution in [-0.2, 0) is 14.8 Å². The van der Waals surface area contributed by atoms with Gasteiger partial charge in [-0.25, -0.2) is 13.1 Å². The van der Waals surface area contributed by atoms with Crippen LogP contribution in [0.25, 0.3) is 0 Å². The van der Waals surface area contributed by atoms with Crippen LogP contribution >= 0.6 is 24.0 Å². The molecule has 1 fully saturated rings. The van der Waals surface area contributed by atoms with Gasteiger partial charge in [0, 0.05) is 24.5 Å². The lowest BCUT2D eigenvalue weighted by Crippen LogP contribution is -2.35. The number of carbonyl (C=O) groups is 1. The van der Waals surface area contributed by atoms with E-state index in [1.807, 2.05) is 0 Å². The van der Waals surface area contributed by atoms with Crippen molar-refractivity contribution in [1.29, 1.82) is 0 Å². The van der Waals surface area contributed by atoms with Gasteiger partial charge in [-0.15, -0.1) is 12.4 Å². The first-order valence-corrected chi connectivity index (χ1v) is 10.1. The lowest BCUT2D eigenvalue weighted by atomic mass is 9.93. The highest BCUT2D eigenvalue weighted by Crippen LogP contribution is 2.17. The van der Waals surface area contributed by atoms with E-state index in [4.69, 9.17) is 11.6 Å². The molecule has 1 amide bonds. The predicted molar refractivity (Wildman–Crippen MR) is 102 cm³/mol. The van der Waals surface area contributed by atoms with Crippen LogP contribution in [-0.4, -0.2) is 40.5 Å². The molecular formula is C16H25Cl2N3O3S. The van der Waals surface area contributed by atoms with Crippen LogP contribution in [0.1, 0.15) is 25.7 Å². The van der Waals surface area contributed by atoms with Crippen LogP contribution in [0.15, 0.2) is 29.2 Å². The molecular weight excluding hydrogens is 385 g/mol.